The van der Waals surface area contributed by atoms with Crippen LogP contribution in [0.1, 0.15) is 44.7 Å². The van der Waals surface area contributed by atoms with Crippen LogP contribution in [-0.2, 0) is 17.8 Å². The van der Waals surface area contributed by atoms with Gasteiger partial charge in [-0.3, -0.25) is 0 Å². The van der Waals surface area contributed by atoms with Crippen molar-refractivity contribution < 1.29 is 19.0 Å². The number of esters is 1. The lowest BCUT2D eigenvalue weighted by Gasteiger charge is -2.12. The minimum Gasteiger partial charge on any atom is -0.457 e. The number of carbonyl (C=O) groups excluding carboxylic acids is 1. The molecule has 6 rings (SSSR count). The second-order valence-corrected chi connectivity index (χ2v) is 8.50. The fraction of sp³-hybridized carbons (Fsp3) is 0.138. The molecule has 0 saturated heterocycles. The van der Waals surface area contributed by atoms with Gasteiger partial charge in [-0.05, 0) is 71.5 Å². The van der Waals surface area contributed by atoms with Gasteiger partial charge in [0.05, 0.1) is 28.4 Å². The molecule has 0 N–H and O–H groups in total. The quantitative estimate of drug-likeness (QED) is 0.365. The summed E-state index contributed by atoms with van der Waals surface area (Å²) in [5.41, 5.74) is 6.56. The minimum absolute atomic E-state index is 0.135. The first-order valence-corrected chi connectivity index (χ1v) is 11.4. The zero-order valence-electron chi connectivity index (χ0n) is 18.8. The number of carbonyl (C=O) groups is 1. The zero-order valence-corrected chi connectivity index (χ0v) is 18.8. The van der Waals surface area contributed by atoms with Crippen molar-refractivity contribution in [2.75, 3.05) is 6.79 Å². The van der Waals surface area contributed by atoms with E-state index in [4.69, 9.17) is 24.5 Å². The third-order valence-electron chi connectivity index (χ3n) is 6.34. The Morgan fingerprint density at radius 3 is 2.71 bits per heavy atom. The molecule has 0 atom stereocenters. The van der Waals surface area contributed by atoms with Crippen LogP contribution in [0.2, 0.25) is 0 Å². The number of hydrogen-bond acceptors (Lipinski definition) is 6. The van der Waals surface area contributed by atoms with Crippen LogP contribution in [0.3, 0.4) is 0 Å². The number of nitriles is 1. The van der Waals surface area contributed by atoms with E-state index in [1.54, 1.807) is 24.3 Å². The number of pyridine rings is 1. The van der Waals surface area contributed by atoms with Gasteiger partial charge in [-0.15, -0.1) is 0 Å². The van der Waals surface area contributed by atoms with Gasteiger partial charge in [0, 0.05) is 5.39 Å². The molecule has 1 aliphatic heterocycles. The summed E-state index contributed by atoms with van der Waals surface area (Å²) in [4.78, 5) is 18.3. The summed E-state index contributed by atoms with van der Waals surface area (Å²) in [6, 6.07) is 22.7. The van der Waals surface area contributed by atoms with Crippen LogP contribution in [-0.4, -0.2) is 17.7 Å². The Morgan fingerprint density at radius 2 is 1.86 bits per heavy atom. The average Bonchev–Trinajstić information content (AvgIpc) is 3.53. The summed E-state index contributed by atoms with van der Waals surface area (Å²) in [7, 11) is 0. The number of fused-ring (bicyclic) bond motifs is 3. The van der Waals surface area contributed by atoms with Crippen LogP contribution in [0.5, 0.6) is 11.5 Å². The van der Waals surface area contributed by atoms with E-state index in [1.807, 2.05) is 42.5 Å². The SMILES string of the molecule is N#Cc1ccc(COC(=O)c2c3c(nc4ccccc24)C(=Cc2ccc4c(c2)OCO4)CC3)cc1. The summed E-state index contributed by atoms with van der Waals surface area (Å²) < 4.78 is 16.7. The van der Waals surface area contributed by atoms with Gasteiger partial charge in [-0.25, -0.2) is 9.78 Å². The van der Waals surface area contributed by atoms with E-state index < -0.39 is 0 Å². The third kappa shape index (κ3) is 3.87. The predicted octanol–water partition coefficient (Wildman–Crippen LogP) is 5.68. The lowest BCUT2D eigenvalue weighted by Crippen LogP contribution is -2.10. The van der Waals surface area contributed by atoms with E-state index in [-0.39, 0.29) is 19.4 Å². The molecule has 3 aromatic carbocycles. The Kier molecular flexibility index (Phi) is 5.16. The van der Waals surface area contributed by atoms with Crippen molar-refractivity contribution in [3.63, 3.8) is 0 Å². The summed E-state index contributed by atoms with van der Waals surface area (Å²) in [6.45, 7) is 0.371. The molecule has 2 aliphatic rings. The van der Waals surface area contributed by atoms with Crippen LogP contribution in [0.4, 0.5) is 0 Å². The lowest BCUT2D eigenvalue weighted by atomic mass is 10.0. The molecular weight excluding hydrogens is 440 g/mol. The Bertz CT molecular complexity index is 1550. The van der Waals surface area contributed by atoms with Crippen LogP contribution < -0.4 is 9.47 Å². The predicted molar refractivity (Wildman–Crippen MR) is 131 cm³/mol. The highest BCUT2D eigenvalue weighted by Crippen LogP contribution is 2.39. The number of aromatic nitrogens is 1. The van der Waals surface area contributed by atoms with E-state index >= 15 is 0 Å². The smallest absolute Gasteiger partial charge is 0.339 e. The van der Waals surface area contributed by atoms with Gasteiger partial charge in [-0.2, -0.15) is 5.26 Å². The first-order chi connectivity index (χ1) is 17.2. The number of allylic oxidation sites excluding steroid dienone is 1. The number of ether oxygens (including phenoxy) is 3. The average molecular weight is 460 g/mol. The minimum atomic E-state index is -0.367. The Morgan fingerprint density at radius 1 is 1.03 bits per heavy atom. The molecule has 35 heavy (non-hydrogen) atoms. The maximum absolute atomic E-state index is 13.4. The first-order valence-electron chi connectivity index (χ1n) is 11.4. The monoisotopic (exact) mass is 460 g/mol. The maximum Gasteiger partial charge on any atom is 0.339 e. The molecule has 2 heterocycles. The lowest BCUT2D eigenvalue weighted by molar-refractivity contribution is 0.0474. The largest absolute Gasteiger partial charge is 0.457 e. The Labute approximate surface area is 202 Å². The number of hydrogen-bond donors (Lipinski definition) is 0. The van der Waals surface area contributed by atoms with Crippen molar-refractivity contribution in [1.29, 1.82) is 5.26 Å². The summed E-state index contributed by atoms with van der Waals surface area (Å²) in [6.07, 6.45) is 3.59. The standard InChI is InChI=1S/C29H20N2O4/c30-15-18-5-7-19(8-6-18)16-33-29(32)27-22-3-1-2-4-24(22)31-28-21(10-11-23(27)28)13-20-9-12-25-26(14-20)35-17-34-25/h1-9,12-14H,10-11,16-17H2. The van der Waals surface area contributed by atoms with Gasteiger partial charge in [-0.1, -0.05) is 36.4 Å². The van der Waals surface area contributed by atoms with Gasteiger partial charge in [0.15, 0.2) is 11.5 Å². The van der Waals surface area contributed by atoms with Gasteiger partial charge >= 0.3 is 5.97 Å². The molecule has 6 nitrogen and oxygen atoms in total. The number of benzene rings is 3. The normalized spacial score (nSPS) is 14.7. The van der Waals surface area contributed by atoms with Crippen molar-refractivity contribution in [3.05, 3.63) is 100 Å². The fourth-order valence-corrected chi connectivity index (χ4v) is 4.61. The van der Waals surface area contributed by atoms with Gasteiger partial charge in [0.2, 0.25) is 6.79 Å². The van der Waals surface area contributed by atoms with Crippen molar-refractivity contribution in [2.45, 2.75) is 19.4 Å². The number of para-hydroxylation sites is 1. The molecule has 1 aliphatic carbocycles. The van der Waals surface area contributed by atoms with Crippen molar-refractivity contribution >= 4 is 28.5 Å². The molecular formula is C29H20N2O4. The van der Waals surface area contributed by atoms with Crippen molar-refractivity contribution in [1.82, 2.24) is 4.98 Å². The highest BCUT2D eigenvalue weighted by molar-refractivity contribution is 6.07. The molecule has 0 saturated carbocycles. The van der Waals surface area contributed by atoms with Crippen LogP contribution >= 0.6 is 0 Å². The zero-order chi connectivity index (χ0) is 23.8. The molecule has 0 bridgehead atoms. The summed E-state index contributed by atoms with van der Waals surface area (Å²) in [5.74, 6) is 1.11. The first kappa shape index (κ1) is 20.9. The van der Waals surface area contributed by atoms with E-state index in [9.17, 15) is 4.79 Å². The van der Waals surface area contributed by atoms with Crippen molar-refractivity contribution in [3.8, 4) is 17.6 Å². The third-order valence-corrected chi connectivity index (χ3v) is 6.34. The highest BCUT2D eigenvalue weighted by atomic mass is 16.7. The molecule has 1 aromatic heterocycles. The van der Waals surface area contributed by atoms with E-state index in [2.05, 4.69) is 12.1 Å². The van der Waals surface area contributed by atoms with Crippen LogP contribution in [0.25, 0.3) is 22.6 Å². The molecule has 4 aromatic rings. The van der Waals surface area contributed by atoms with E-state index in [0.717, 1.165) is 56.8 Å². The Balaban J connectivity index is 1.36. The molecule has 170 valence electrons. The number of nitrogens with zero attached hydrogens (tertiary/aromatic N) is 2. The molecule has 0 fully saturated rings. The van der Waals surface area contributed by atoms with Gasteiger partial charge in [0.25, 0.3) is 0 Å². The fourth-order valence-electron chi connectivity index (χ4n) is 4.61. The maximum atomic E-state index is 13.4. The van der Waals surface area contributed by atoms with Gasteiger partial charge in [0.1, 0.15) is 6.61 Å². The van der Waals surface area contributed by atoms with E-state index in [0.29, 0.717) is 17.5 Å². The van der Waals surface area contributed by atoms with Crippen LogP contribution in [0.15, 0.2) is 66.7 Å². The second-order valence-electron chi connectivity index (χ2n) is 8.50. The summed E-state index contributed by atoms with van der Waals surface area (Å²) >= 11 is 0. The topological polar surface area (TPSA) is 81.4 Å². The molecule has 6 heteroatoms. The molecule has 0 unspecified atom stereocenters. The highest BCUT2D eigenvalue weighted by Gasteiger charge is 2.28. The second kappa shape index (κ2) is 8.62. The number of rotatable bonds is 4. The molecule has 0 radical (unpaired) electrons. The van der Waals surface area contributed by atoms with E-state index in [1.165, 1.54) is 0 Å². The molecule has 0 spiro atoms. The Hall–Kier alpha value is -4.63. The summed E-state index contributed by atoms with van der Waals surface area (Å²) in [5, 5.41) is 9.78. The molecule has 0 amide bonds. The van der Waals surface area contributed by atoms with Crippen molar-refractivity contribution in [2.24, 2.45) is 0 Å². The van der Waals surface area contributed by atoms with Gasteiger partial charge < -0.3 is 14.2 Å². The van der Waals surface area contributed by atoms with Crippen LogP contribution in [0, 0.1) is 11.3 Å².